The number of benzene rings is 4. The summed E-state index contributed by atoms with van der Waals surface area (Å²) in [5.74, 6) is 0.536. The molecule has 4 heteroatoms. The van der Waals surface area contributed by atoms with Gasteiger partial charge >= 0.3 is 0 Å². The molecule has 0 radical (unpaired) electrons. The molecule has 3 nitrogen and oxygen atoms in total. The quantitative estimate of drug-likeness (QED) is 0.384. The van der Waals surface area contributed by atoms with Crippen molar-refractivity contribution in [1.29, 1.82) is 0 Å². The third-order valence-corrected chi connectivity index (χ3v) is 7.59. The third-order valence-electron chi connectivity index (χ3n) is 5.78. The van der Waals surface area contributed by atoms with Gasteiger partial charge in [-0.15, -0.1) is 0 Å². The Labute approximate surface area is 188 Å². The molecule has 0 bridgehead atoms. The number of rotatable bonds is 4. The van der Waals surface area contributed by atoms with Crippen molar-refractivity contribution in [2.45, 2.75) is 17.4 Å². The average Bonchev–Trinajstić information content (AvgIpc) is 2.84. The maximum Gasteiger partial charge on any atom is 0.207 e. The molecule has 0 aliphatic carbocycles. The van der Waals surface area contributed by atoms with E-state index in [1.165, 1.54) is 0 Å². The topological polar surface area (TPSA) is 43.4 Å². The van der Waals surface area contributed by atoms with Gasteiger partial charge in [-0.2, -0.15) is 0 Å². The Morgan fingerprint density at radius 2 is 1.19 bits per heavy atom. The summed E-state index contributed by atoms with van der Waals surface area (Å²) in [4.78, 5) is 0.511. The van der Waals surface area contributed by atoms with Gasteiger partial charge in [0.25, 0.3) is 0 Å². The van der Waals surface area contributed by atoms with Gasteiger partial charge in [-0.25, -0.2) is 8.42 Å². The van der Waals surface area contributed by atoms with Crippen LogP contribution in [-0.4, -0.2) is 8.42 Å². The van der Waals surface area contributed by atoms with Crippen LogP contribution in [0, 0.1) is 6.92 Å². The first kappa shape index (κ1) is 20.3. The van der Waals surface area contributed by atoms with Gasteiger partial charge in [-0.05, 0) is 37.3 Å². The van der Waals surface area contributed by atoms with Gasteiger partial charge in [0, 0.05) is 16.7 Å². The van der Waals surface area contributed by atoms with Crippen molar-refractivity contribution in [3.05, 3.63) is 138 Å². The Morgan fingerprint density at radius 3 is 1.78 bits per heavy atom. The maximum absolute atomic E-state index is 13.9. The van der Waals surface area contributed by atoms with Crippen molar-refractivity contribution in [3.63, 3.8) is 0 Å². The van der Waals surface area contributed by atoms with E-state index in [0.29, 0.717) is 11.3 Å². The Bertz CT molecular complexity index is 1350. The highest BCUT2D eigenvalue weighted by molar-refractivity contribution is 8.00. The molecule has 0 fully saturated rings. The summed E-state index contributed by atoms with van der Waals surface area (Å²) in [6, 6.07) is 33.8. The van der Waals surface area contributed by atoms with Crippen LogP contribution in [0.4, 0.5) is 0 Å². The van der Waals surface area contributed by atoms with Gasteiger partial charge in [-0.1, -0.05) is 90.5 Å². The van der Waals surface area contributed by atoms with E-state index in [2.05, 4.69) is 0 Å². The van der Waals surface area contributed by atoms with Crippen LogP contribution in [0.3, 0.4) is 0 Å². The van der Waals surface area contributed by atoms with Crippen molar-refractivity contribution in [2.75, 3.05) is 0 Å². The predicted octanol–water partition coefficient (Wildman–Crippen LogP) is 6.15. The molecule has 4 aromatic carbocycles. The number of ether oxygens (including phenoxy) is 1. The Kier molecular flexibility index (Phi) is 4.95. The van der Waals surface area contributed by atoms with Crippen LogP contribution in [0.15, 0.2) is 120 Å². The molecule has 0 saturated heterocycles. The van der Waals surface area contributed by atoms with E-state index in [0.717, 1.165) is 16.7 Å². The molecule has 0 atom stereocenters. The minimum absolute atomic E-state index is 0.246. The largest absolute Gasteiger partial charge is 0.473 e. The zero-order valence-electron chi connectivity index (χ0n) is 17.6. The fraction of sp³-hybridized carbons (Fsp3) is 0.0714. The average molecular weight is 439 g/mol. The van der Waals surface area contributed by atoms with Crippen molar-refractivity contribution in [1.82, 2.24) is 0 Å². The Hall–Kier alpha value is -3.63. The summed E-state index contributed by atoms with van der Waals surface area (Å²) < 4.78 is 34.4. The summed E-state index contributed by atoms with van der Waals surface area (Å²) in [5.41, 5.74) is 2.21. The lowest BCUT2D eigenvalue weighted by Crippen LogP contribution is -2.36. The standard InChI is InChI=1S/C28H22O3S/c1-21-16-18-24(19-17-21)32(29,30)27-20-28(22-10-4-2-5-11-22,23-12-6-3-7-13-23)31-26-15-9-8-14-25(26)27/h2-20H,1H3. The normalized spacial score (nSPS) is 14.7. The van der Waals surface area contributed by atoms with E-state index < -0.39 is 15.4 Å². The zero-order chi connectivity index (χ0) is 22.2. The molecule has 4 aromatic rings. The van der Waals surface area contributed by atoms with Crippen molar-refractivity contribution in [2.24, 2.45) is 0 Å². The highest BCUT2D eigenvalue weighted by atomic mass is 32.2. The van der Waals surface area contributed by atoms with Crippen molar-refractivity contribution >= 4 is 14.7 Å². The summed E-state index contributed by atoms with van der Waals surface area (Å²) in [6.45, 7) is 1.94. The van der Waals surface area contributed by atoms with E-state index in [1.54, 1.807) is 24.3 Å². The first-order valence-corrected chi connectivity index (χ1v) is 11.9. The number of hydrogen-bond donors (Lipinski definition) is 0. The minimum atomic E-state index is -3.80. The Morgan fingerprint density at radius 1 is 0.656 bits per heavy atom. The second-order valence-electron chi connectivity index (χ2n) is 7.89. The van der Waals surface area contributed by atoms with E-state index >= 15 is 0 Å². The molecule has 0 saturated carbocycles. The van der Waals surface area contributed by atoms with Crippen LogP contribution in [0.25, 0.3) is 4.91 Å². The van der Waals surface area contributed by atoms with Crippen molar-refractivity contribution in [3.8, 4) is 5.75 Å². The Balaban J connectivity index is 1.83. The second kappa shape index (κ2) is 7.81. The molecule has 1 aliphatic heterocycles. The van der Waals surface area contributed by atoms with E-state index in [1.807, 2.05) is 97.9 Å². The first-order chi connectivity index (χ1) is 15.5. The lowest BCUT2D eigenvalue weighted by molar-refractivity contribution is 0.160. The SMILES string of the molecule is Cc1ccc(S(=O)(=O)C2=CC(c3ccccc3)(c3ccccc3)Oc3ccccc32)cc1. The minimum Gasteiger partial charge on any atom is -0.473 e. The highest BCUT2D eigenvalue weighted by Crippen LogP contribution is 2.47. The van der Waals surface area contributed by atoms with Crippen LogP contribution in [0.1, 0.15) is 22.3 Å². The van der Waals surface area contributed by atoms with Gasteiger partial charge in [0.2, 0.25) is 9.84 Å². The lowest BCUT2D eigenvalue weighted by Gasteiger charge is -2.37. The van der Waals surface area contributed by atoms with Gasteiger partial charge < -0.3 is 4.74 Å². The molecule has 1 aliphatic rings. The van der Waals surface area contributed by atoms with Crippen LogP contribution in [0.5, 0.6) is 5.75 Å². The number of aryl methyl sites for hydroxylation is 1. The number of fused-ring (bicyclic) bond motifs is 1. The smallest absolute Gasteiger partial charge is 0.207 e. The fourth-order valence-electron chi connectivity index (χ4n) is 4.11. The maximum atomic E-state index is 13.9. The van der Waals surface area contributed by atoms with Gasteiger partial charge in [0.1, 0.15) is 5.75 Å². The third kappa shape index (κ3) is 3.33. The summed E-state index contributed by atoms with van der Waals surface area (Å²) >= 11 is 0. The highest BCUT2D eigenvalue weighted by Gasteiger charge is 2.42. The van der Waals surface area contributed by atoms with Gasteiger partial charge in [0.15, 0.2) is 5.60 Å². The van der Waals surface area contributed by atoms with Gasteiger partial charge in [-0.3, -0.25) is 0 Å². The van der Waals surface area contributed by atoms with Crippen LogP contribution in [0.2, 0.25) is 0 Å². The second-order valence-corrected chi connectivity index (χ2v) is 9.81. The van der Waals surface area contributed by atoms with E-state index in [9.17, 15) is 8.42 Å². The lowest BCUT2D eigenvalue weighted by atomic mass is 9.83. The molecule has 0 spiro atoms. The van der Waals surface area contributed by atoms with Crippen LogP contribution < -0.4 is 4.74 Å². The summed E-state index contributed by atoms with van der Waals surface area (Å²) in [5, 5.41) is 0. The molecule has 1 heterocycles. The summed E-state index contributed by atoms with van der Waals surface area (Å²) in [6.07, 6.45) is 1.76. The number of para-hydroxylation sites is 1. The zero-order valence-corrected chi connectivity index (χ0v) is 18.4. The van der Waals surface area contributed by atoms with E-state index in [4.69, 9.17) is 4.74 Å². The molecule has 5 rings (SSSR count). The summed E-state index contributed by atoms with van der Waals surface area (Å²) in [7, 11) is -3.80. The molecule has 0 N–H and O–H groups in total. The number of sulfone groups is 1. The monoisotopic (exact) mass is 438 g/mol. The van der Waals surface area contributed by atoms with Crippen LogP contribution in [-0.2, 0) is 15.4 Å². The molecular weight excluding hydrogens is 416 g/mol. The molecule has 158 valence electrons. The van der Waals surface area contributed by atoms with Crippen molar-refractivity contribution < 1.29 is 13.2 Å². The molecule has 32 heavy (non-hydrogen) atoms. The molecule has 0 amide bonds. The van der Waals surface area contributed by atoms with Gasteiger partial charge in [0.05, 0.1) is 9.80 Å². The predicted molar refractivity (Wildman–Crippen MR) is 127 cm³/mol. The van der Waals surface area contributed by atoms with Crippen LogP contribution >= 0.6 is 0 Å². The van der Waals surface area contributed by atoms with E-state index in [-0.39, 0.29) is 9.80 Å². The molecular formula is C28H22O3S. The number of hydrogen-bond acceptors (Lipinski definition) is 3. The first-order valence-electron chi connectivity index (χ1n) is 10.4. The molecule has 0 unspecified atom stereocenters. The molecule has 0 aromatic heterocycles. The fourth-order valence-corrected chi connectivity index (χ4v) is 5.64.